The van der Waals surface area contributed by atoms with Gasteiger partial charge < -0.3 is 14.8 Å². The molecule has 0 atom stereocenters. The molecule has 4 aromatic rings. The van der Waals surface area contributed by atoms with Crippen LogP contribution in [0.1, 0.15) is 11.1 Å². The van der Waals surface area contributed by atoms with Gasteiger partial charge in [0.05, 0.1) is 24.7 Å². The van der Waals surface area contributed by atoms with Crippen molar-refractivity contribution in [3.05, 3.63) is 114 Å². The molecule has 4 aromatic carbocycles. The number of anilines is 3. The largest absolute Gasteiger partial charge is 0.493 e. The molecule has 0 spiro atoms. The van der Waals surface area contributed by atoms with Gasteiger partial charge in [-0.1, -0.05) is 54.1 Å². The molecule has 176 valence electrons. The summed E-state index contributed by atoms with van der Waals surface area (Å²) >= 11 is 0. The summed E-state index contributed by atoms with van der Waals surface area (Å²) in [6.45, 7) is 1.86. The highest BCUT2D eigenvalue weighted by molar-refractivity contribution is 5.92. The van der Waals surface area contributed by atoms with E-state index in [0.29, 0.717) is 11.5 Å². The Balaban J connectivity index is 1.46. The number of carbonyl (C=O) groups excluding carboxylic acids is 1. The fraction of sp³-hybridized carbons (Fsp3) is 0.103. The highest BCUT2D eigenvalue weighted by atomic mass is 16.5. The maximum atomic E-state index is 12.3. The monoisotopic (exact) mass is 465 g/mol. The lowest BCUT2D eigenvalue weighted by atomic mass is 10.2. The molecule has 35 heavy (non-hydrogen) atoms. The second-order valence-corrected chi connectivity index (χ2v) is 7.84. The van der Waals surface area contributed by atoms with Crippen LogP contribution >= 0.6 is 0 Å². The van der Waals surface area contributed by atoms with Crippen LogP contribution in [0.5, 0.6) is 11.5 Å². The summed E-state index contributed by atoms with van der Waals surface area (Å²) in [5, 5.41) is 9.40. The minimum absolute atomic E-state index is 0.131. The van der Waals surface area contributed by atoms with Gasteiger partial charge in [-0.15, -0.1) is 0 Å². The first kappa shape index (κ1) is 23.6. The lowest BCUT2D eigenvalue weighted by Crippen LogP contribution is -2.20. The summed E-state index contributed by atoms with van der Waals surface area (Å²) in [6.07, 6.45) is 1.76. The third-order valence-corrected chi connectivity index (χ3v) is 5.21. The summed E-state index contributed by atoms with van der Waals surface area (Å²) in [5.74, 6) is 0.748. The number of nitrogens with zero attached hydrogens (tertiary/aromatic N) is 2. The quantitative estimate of drug-likeness (QED) is 0.236. The van der Waals surface area contributed by atoms with Crippen molar-refractivity contribution in [2.45, 2.75) is 6.92 Å². The zero-order valence-electron chi connectivity index (χ0n) is 19.7. The number of benzene rings is 4. The third-order valence-electron chi connectivity index (χ3n) is 5.21. The van der Waals surface area contributed by atoms with E-state index in [1.165, 1.54) is 0 Å². The Morgan fingerprint density at radius 3 is 2.09 bits per heavy atom. The Labute approximate surface area is 205 Å². The Kier molecular flexibility index (Phi) is 7.76. The molecule has 0 aliphatic rings. The van der Waals surface area contributed by atoms with Crippen LogP contribution in [-0.4, -0.2) is 25.8 Å². The number of hydrogen-bond acceptors (Lipinski definition) is 5. The molecule has 0 saturated heterocycles. The van der Waals surface area contributed by atoms with Crippen LogP contribution < -0.4 is 19.8 Å². The van der Waals surface area contributed by atoms with E-state index in [-0.39, 0.29) is 12.5 Å². The lowest BCUT2D eigenvalue weighted by Gasteiger charge is -2.19. The van der Waals surface area contributed by atoms with Gasteiger partial charge in [-0.3, -0.25) is 4.79 Å². The summed E-state index contributed by atoms with van der Waals surface area (Å²) in [4.78, 5) is 12.3. The number of nitrogens with one attached hydrogen (secondary N) is 1. The molecule has 0 radical (unpaired) electrons. The van der Waals surface area contributed by atoms with E-state index in [2.05, 4.69) is 5.32 Å². The van der Waals surface area contributed by atoms with Crippen molar-refractivity contribution in [1.29, 1.82) is 0 Å². The lowest BCUT2D eigenvalue weighted by molar-refractivity contribution is -0.118. The first-order chi connectivity index (χ1) is 17.1. The average molecular weight is 466 g/mol. The summed E-state index contributed by atoms with van der Waals surface area (Å²) in [7, 11) is 1.57. The van der Waals surface area contributed by atoms with Crippen molar-refractivity contribution in [2.24, 2.45) is 5.10 Å². The summed E-state index contributed by atoms with van der Waals surface area (Å²) < 4.78 is 11.2. The molecular weight excluding hydrogens is 438 g/mol. The number of amides is 1. The van der Waals surface area contributed by atoms with E-state index in [0.717, 1.165) is 28.2 Å². The van der Waals surface area contributed by atoms with Gasteiger partial charge in [0.15, 0.2) is 18.1 Å². The minimum atomic E-state index is -0.247. The molecule has 0 heterocycles. The summed E-state index contributed by atoms with van der Waals surface area (Å²) in [5.41, 5.74) is 4.57. The standard InChI is InChI=1S/C29H27N3O3/c1-22-13-16-24(17-14-22)31-29(33)21-35-27-18-15-23(19-28(27)34-2)20-30-32(25-9-5-3-6-10-25)26-11-7-4-8-12-26/h3-20H,21H2,1-2H3,(H,31,33)/b30-20+. The van der Waals surface area contributed by atoms with Crippen LogP contribution in [0.2, 0.25) is 0 Å². The van der Waals surface area contributed by atoms with Crippen LogP contribution in [0.3, 0.4) is 0 Å². The fourth-order valence-electron chi connectivity index (χ4n) is 3.41. The van der Waals surface area contributed by atoms with E-state index in [4.69, 9.17) is 14.6 Å². The molecule has 6 nitrogen and oxygen atoms in total. The fourth-order valence-corrected chi connectivity index (χ4v) is 3.41. The molecule has 0 aliphatic carbocycles. The van der Waals surface area contributed by atoms with Gasteiger partial charge in [0.1, 0.15) is 0 Å². The van der Waals surface area contributed by atoms with Crippen molar-refractivity contribution in [3.63, 3.8) is 0 Å². The van der Waals surface area contributed by atoms with Crippen LogP contribution in [0.15, 0.2) is 108 Å². The van der Waals surface area contributed by atoms with Crippen LogP contribution in [0.4, 0.5) is 17.1 Å². The Morgan fingerprint density at radius 1 is 0.857 bits per heavy atom. The Bertz CT molecular complexity index is 1230. The molecule has 1 N–H and O–H groups in total. The number of carbonyl (C=O) groups is 1. The Morgan fingerprint density at radius 2 is 1.49 bits per heavy atom. The van der Waals surface area contributed by atoms with Gasteiger partial charge in [0, 0.05) is 5.69 Å². The van der Waals surface area contributed by atoms with Crippen LogP contribution in [-0.2, 0) is 4.79 Å². The van der Waals surface area contributed by atoms with E-state index < -0.39 is 0 Å². The van der Waals surface area contributed by atoms with Gasteiger partial charge >= 0.3 is 0 Å². The van der Waals surface area contributed by atoms with Crippen molar-refractivity contribution in [3.8, 4) is 11.5 Å². The predicted octanol–water partition coefficient (Wildman–Crippen LogP) is 6.19. The molecule has 0 unspecified atom stereocenters. The van der Waals surface area contributed by atoms with Gasteiger partial charge in [0.25, 0.3) is 5.91 Å². The second kappa shape index (κ2) is 11.5. The highest BCUT2D eigenvalue weighted by Crippen LogP contribution is 2.29. The van der Waals surface area contributed by atoms with E-state index in [1.807, 2.05) is 109 Å². The normalized spacial score (nSPS) is 10.7. The van der Waals surface area contributed by atoms with Gasteiger partial charge in [0.2, 0.25) is 0 Å². The van der Waals surface area contributed by atoms with Gasteiger partial charge in [-0.05, 0) is 67.1 Å². The van der Waals surface area contributed by atoms with E-state index in [1.54, 1.807) is 19.4 Å². The molecule has 0 bridgehead atoms. The van der Waals surface area contributed by atoms with Gasteiger partial charge in [-0.2, -0.15) is 5.10 Å². The predicted molar refractivity (Wildman–Crippen MR) is 141 cm³/mol. The van der Waals surface area contributed by atoms with Crippen LogP contribution in [0, 0.1) is 6.92 Å². The molecule has 1 amide bonds. The van der Waals surface area contributed by atoms with Crippen molar-refractivity contribution >= 4 is 29.2 Å². The number of rotatable bonds is 9. The number of methoxy groups -OCH3 is 1. The molecule has 0 saturated carbocycles. The van der Waals surface area contributed by atoms with Gasteiger partial charge in [-0.25, -0.2) is 5.01 Å². The highest BCUT2D eigenvalue weighted by Gasteiger charge is 2.10. The number of ether oxygens (including phenoxy) is 2. The first-order valence-corrected chi connectivity index (χ1v) is 11.2. The number of para-hydroxylation sites is 2. The molecule has 0 aromatic heterocycles. The average Bonchev–Trinajstić information content (AvgIpc) is 2.90. The molecular formula is C29H27N3O3. The number of aryl methyl sites for hydroxylation is 1. The zero-order valence-corrected chi connectivity index (χ0v) is 19.7. The smallest absolute Gasteiger partial charge is 0.262 e. The summed E-state index contributed by atoms with van der Waals surface area (Å²) in [6, 6.07) is 32.9. The minimum Gasteiger partial charge on any atom is -0.493 e. The Hall–Kier alpha value is -4.58. The number of hydrazone groups is 1. The topological polar surface area (TPSA) is 63.2 Å². The first-order valence-electron chi connectivity index (χ1n) is 11.2. The molecule has 0 aliphatic heterocycles. The van der Waals surface area contributed by atoms with Crippen molar-refractivity contribution in [2.75, 3.05) is 24.0 Å². The molecule has 4 rings (SSSR count). The molecule has 6 heteroatoms. The van der Waals surface area contributed by atoms with E-state index >= 15 is 0 Å². The zero-order chi connectivity index (χ0) is 24.5. The SMILES string of the molecule is COc1cc(/C=N/N(c2ccccc2)c2ccccc2)ccc1OCC(=O)Nc1ccc(C)cc1. The second-order valence-electron chi connectivity index (χ2n) is 7.84. The third kappa shape index (κ3) is 6.48. The van der Waals surface area contributed by atoms with Crippen LogP contribution in [0.25, 0.3) is 0 Å². The van der Waals surface area contributed by atoms with Crippen molar-refractivity contribution < 1.29 is 14.3 Å². The van der Waals surface area contributed by atoms with Crippen molar-refractivity contribution in [1.82, 2.24) is 0 Å². The molecule has 0 fully saturated rings. The van der Waals surface area contributed by atoms with E-state index in [9.17, 15) is 4.79 Å². The maximum absolute atomic E-state index is 12.3. The maximum Gasteiger partial charge on any atom is 0.262 e. The number of hydrogen-bond donors (Lipinski definition) is 1.